The van der Waals surface area contributed by atoms with Crippen LogP contribution in [0.25, 0.3) is 0 Å². The second kappa shape index (κ2) is 5.87. The first-order chi connectivity index (χ1) is 9.06. The van der Waals surface area contributed by atoms with Crippen LogP contribution in [0.5, 0.6) is 0 Å². The van der Waals surface area contributed by atoms with Crippen molar-refractivity contribution in [3.8, 4) is 0 Å². The molecule has 1 aromatic carbocycles. The standard InChI is InChI=1S/C14H16ClF2NO/c1-9-5-6-11(16)12(13(9)17)14(19)18(8-7-15)10-3-2-4-10/h5-6,10H,2-4,7-8H2,1H3. The lowest BCUT2D eigenvalue weighted by atomic mass is 9.91. The molecule has 1 aliphatic rings. The van der Waals surface area contributed by atoms with E-state index in [0.29, 0.717) is 6.54 Å². The SMILES string of the molecule is Cc1ccc(F)c(C(=O)N(CCCl)C2CCC2)c1F. The summed E-state index contributed by atoms with van der Waals surface area (Å²) < 4.78 is 27.7. The highest BCUT2D eigenvalue weighted by Gasteiger charge is 2.32. The molecule has 1 fully saturated rings. The average Bonchev–Trinajstić information content (AvgIpc) is 2.31. The molecule has 0 radical (unpaired) electrons. The summed E-state index contributed by atoms with van der Waals surface area (Å²) in [7, 11) is 0. The normalized spacial score (nSPS) is 15.2. The number of benzene rings is 1. The van der Waals surface area contributed by atoms with Crippen LogP contribution in [-0.2, 0) is 0 Å². The van der Waals surface area contributed by atoms with E-state index in [-0.39, 0.29) is 17.5 Å². The predicted molar refractivity (Wildman–Crippen MR) is 70.5 cm³/mol. The van der Waals surface area contributed by atoms with Gasteiger partial charge in [-0.2, -0.15) is 0 Å². The monoisotopic (exact) mass is 287 g/mol. The second-order valence-electron chi connectivity index (χ2n) is 4.83. The minimum absolute atomic E-state index is 0.0607. The summed E-state index contributed by atoms with van der Waals surface area (Å²) in [6.45, 7) is 1.83. The fourth-order valence-corrected chi connectivity index (χ4v) is 2.42. The van der Waals surface area contributed by atoms with Crippen LogP contribution in [0, 0.1) is 18.6 Å². The average molecular weight is 288 g/mol. The Morgan fingerprint density at radius 2 is 2.11 bits per heavy atom. The first-order valence-corrected chi connectivity index (χ1v) is 6.91. The van der Waals surface area contributed by atoms with Gasteiger partial charge in [-0.15, -0.1) is 11.6 Å². The summed E-state index contributed by atoms with van der Waals surface area (Å²) in [4.78, 5) is 13.8. The molecule has 0 N–H and O–H groups in total. The summed E-state index contributed by atoms with van der Waals surface area (Å²) in [5, 5.41) is 0. The number of carbonyl (C=O) groups is 1. The molecule has 0 aromatic heterocycles. The van der Waals surface area contributed by atoms with Crippen molar-refractivity contribution in [2.24, 2.45) is 0 Å². The van der Waals surface area contributed by atoms with E-state index in [4.69, 9.17) is 11.6 Å². The lowest BCUT2D eigenvalue weighted by Crippen LogP contribution is -2.45. The van der Waals surface area contributed by atoms with Crippen LogP contribution >= 0.6 is 11.6 Å². The minimum atomic E-state index is -0.813. The Morgan fingerprint density at radius 3 is 2.63 bits per heavy atom. The topological polar surface area (TPSA) is 20.3 Å². The molecular weight excluding hydrogens is 272 g/mol. The van der Waals surface area contributed by atoms with Crippen LogP contribution in [-0.4, -0.2) is 29.3 Å². The smallest absolute Gasteiger partial charge is 0.260 e. The van der Waals surface area contributed by atoms with Crippen LogP contribution in [0.4, 0.5) is 8.78 Å². The van der Waals surface area contributed by atoms with Crippen molar-refractivity contribution in [1.82, 2.24) is 4.90 Å². The molecule has 2 nitrogen and oxygen atoms in total. The summed E-state index contributed by atoms with van der Waals surface area (Å²) in [6.07, 6.45) is 2.78. The Morgan fingerprint density at radius 1 is 1.42 bits per heavy atom. The quantitative estimate of drug-likeness (QED) is 0.776. The van der Waals surface area contributed by atoms with Gasteiger partial charge in [0.05, 0.1) is 0 Å². The van der Waals surface area contributed by atoms with Gasteiger partial charge < -0.3 is 4.90 Å². The van der Waals surface area contributed by atoms with Gasteiger partial charge in [0.15, 0.2) is 0 Å². The molecule has 1 aromatic rings. The minimum Gasteiger partial charge on any atom is -0.334 e. The number of hydrogen-bond acceptors (Lipinski definition) is 1. The first kappa shape index (κ1) is 14.3. The Balaban J connectivity index is 2.33. The molecule has 0 atom stereocenters. The van der Waals surface area contributed by atoms with E-state index in [2.05, 4.69) is 0 Å². The Bertz CT molecular complexity index is 489. The van der Waals surface area contributed by atoms with Gasteiger partial charge in [-0.05, 0) is 37.8 Å². The highest BCUT2D eigenvalue weighted by Crippen LogP contribution is 2.28. The van der Waals surface area contributed by atoms with E-state index in [1.54, 1.807) is 0 Å². The molecule has 104 valence electrons. The Hall–Kier alpha value is -1.16. The number of aryl methyl sites for hydroxylation is 1. The molecule has 5 heteroatoms. The van der Waals surface area contributed by atoms with E-state index in [0.717, 1.165) is 25.3 Å². The number of carbonyl (C=O) groups excluding carboxylic acids is 1. The van der Waals surface area contributed by atoms with Gasteiger partial charge >= 0.3 is 0 Å². The van der Waals surface area contributed by atoms with E-state index in [1.807, 2.05) is 0 Å². The fourth-order valence-electron chi connectivity index (χ4n) is 2.24. The molecule has 19 heavy (non-hydrogen) atoms. The highest BCUT2D eigenvalue weighted by atomic mass is 35.5. The maximum absolute atomic E-state index is 14.0. The highest BCUT2D eigenvalue weighted by molar-refractivity contribution is 6.18. The summed E-state index contributed by atoms with van der Waals surface area (Å²) in [5.74, 6) is -1.92. The predicted octanol–water partition coefficient (Wildman–Crippen LogP) is 3.51. The Labute approximate surface area is 116 Å². The van der Waals surface area contributed by atoms with Gasteiger partial charge in [0.1, 0.15) is 17.2 Å². The van der Waals surface area contributed by atoms with E-state index in [1.165, 1.54) is 17.9 Å². The summed E-state index contributed by atoms with van der Waals surface area (Å²) >= 11 is 5.68. The van der Waals surface area contributed by atoms with Crippen molar-refractivity contribution in [1.29, 1.82) is 0 Å². The zero-order valence-electron chi connectivity index (χ0n) is 10.8. The van der Waals surface area contributed by atoms with Gasteiger partial charge in [-0.1, -0.05) is 6.07 Å². The van der Waals surface area contributed by atoms with Crippen molar-refractivity contribution in [3.05, 3.63) is 34.9 Å². The van der Waals surface area contributed by atoms with Crippen LogP contribution in [0.3, 0.4) is 0 Å². The molecule has 0 heterocycles. The zero-order chi connectivity index (χ0) is 14.0. The molecular formula is C14H16ClF2NO. The molecule has 0 unspecified atom stereocenters. The van der Waals surface area contributed by atoms with Crippen molar-refractivity contribution < 1.29 is 13.6 Å². The molecule has 2 rings (SSSR count). The van der Waals surface area contributed by atoms with Gasteiger partial charge in [-0.25, -0.2) is 8.78 Å². The first-order valence-electron chi connectivity index (χ1n) is 6.37. The summed E-state index contributed by atoms with van der Waals surface area (Å²) in [6, 6.07) is 2.52. The van der Waals surface area contributed by atoms with Crippen LogP contribution in [0.15, 0.2) is 12.1 Å². The lowest BCUT2D eigenvalue weighted by Gasteiger charge is -2.37. The lowest BCUT2D eigenvalue weighted by molar-refractivity contribution is 0.0588. The number of amides is 1. The third-order valence-corrected chi connectivity index (χ3v) is 3.77. The number of rotatable bonds is 4. The van der Waals surface area contributed by atoms with Crippen molar-refractivity contribution in [2.75, 3.05) is 12.4 Å². The van der Waals surface area contributed by atoms with Gasteiger partial charge in [0, 0.05) is 18.5 Å². The summed E-state index contributed by atoms with van der Waals surface area (Å²) in [5.41, 5.74) is -0.193. The van der Waals surface area contributed by atoms with Crippen molar-refractivity contribution >= 4 is 17.5 Å². The molecule has 0 aliphatic heterocycles. The third-order valence-electron chi connectivity index (χ3n) is 3.60. The second-order valence-corrected chi connectivity index (χ2v) is 5.20. The van der Waals surface area contributed by atoms with Crippen molar-refractivity contribution in [2.45, 2.75) is 32.2 Å². The number of hydrogen-bond donors (Lipinski definition) is 0. The van der Waals surface area contributed by atoms with E-state index in [9.17, 15) is 13.6 Å². The molecule has 1 aliphatic carbocycles. The maximum atomic E-state index is 14.0. The largest absolute Gasteiger partial charge is 0.334 e. The molecule has 1 amide bonds. The number of halogens is 3. The van der Waals surface area contributed by atoms with E-state index < -0.39 is 23.1 Å². The van der Waals surface area contributed by atoms with Crippen molar-refractivity contribution in [3.63, 3.8) is 0 Å². The Kier molecular flexibility index (Phi) is 4.40. The van der Waals surface area contributed by atoms with E-state index >= 15 is 0 Å². The molecule has 0 spiro atoms. The van der Waals surface area contributed by atoms with Gasteiger partial charge in [-0.3, -0.25) is 4.79 Å². The zero-order valence-corrected chi connectivity index (χ0v) is 11.5. The van der Waals surface area contributed by atoms with Crippen LogP contribution in [0.1, 0.15) is 35.2 Å². The molecule has 1 saturated carbocycles. The van der Waals surface area contributed by atoms with Crippen LogP contribution in [0.2, 0.25) is 0 Å². The third kappa shape index (κ3) is 2.73. The number of nitrogens with zero attached hydrogens (tertiary/aromatic N) is 1. The molecule has 0 saturated heterocycles. The fraction of sp³-hybridized carbons (Fsp3) is 0.500. The van der Waals surface area contributed by atoms with Gasteiger partial charge in [0.25, 0.3) is 5.91 Å². The van der Waals surface area contributed by atoms with Crippen LogP contribution < -0.4 is 0 Å². The molecule has 0 bridgehead atoms. The van der Waals surface area contributed by atoms with Gasteiger partial charge in [0.2, 0.25) is 0 Å². The number of alkyl halides is 1. The maximum Gasteiger partial charge on any atom is 0.260 e.